The van der Waals surface area contributed by atoms with Gasteiger partial charge in [0.05, 0.1) is 16.7 Å². The average Bonchev–Trinajstić information content (AvgIpc) is 2.46. The number of benzene rings is 1. The van der Waals surface area contributed by atoms with E-state index < -0.39 is 10.0 Å². The first-order chi connectivity index (χ1) is 9.96. The van der Waals surface area contributed by atoms with Crippen LogP contribution in [0.3, 0.4) is 0 Å². The molecule has 21 heavy (non-hydrogen) atoms. The van der Waals surface area contributed by atoms with E-state index in [-0.39, 0.29) is 16.0 Å². The van der Waals surface area contributed by atoms with Crippen LogP contribution in [-0.2, 0) is 10.0 Å². The van der Waals surface area contributed by atoms with E-state index in [4.69, 9.17) is 16.9 Å². The molecule has 5 nitrogen and oxygen atoms in total. The van der Waals surface area contributed by atoms with Crippen molar-refractivity contribution in [1.82, 2.24) is 9.62 Å². The van der Waals surface area contributed by atoms with Crippen LogP contribution >= 0.6 is 11.6 Å². The number of nitrogens with one attached hydrogen (secondary N) is 1. The van der Waals surface area contributed by atoms with Gasteiger partial charge in [-0.05, 0) is 44.1 Å². The number of likely N-dealkylation sites (tertiary alicyclic amines) is 1. The van der Waals surface area contributed by atoms with Crippen molar-refractivity contribution in [3.05, 3.63) is 28.8 Å². The molecule has 0 amide bonds. The smallest absolute Gasteiger partial charge is 0.242 e. The minimum atomic E-state index is -3.67. The van der Waals surface area contributed by atoms with Gasteiger partial charge in [-0.15, -0.1) is 0 Å². The van der Waals surface area contributed by atoms with Crippen LogP contribution in [0.2, 0.25) is 5.02 Å². The van der Waals surface area contributed by atoms with Gasteiger partial charge in [-0.2, -0.15) is 5.26 Å². The number of likely N-dealkylation sites (N-methyl/N-ethyl adjacent to an activating group) is 1. The highest BCUT2D eigenvalue weighted by Crippen LogP contribution is 2.23. The van der Waals surface area contributed by atoms with Gasteiger partial charge < -0.3 is 4.90 Å². The van der Waals surface area contributed by atoms with Crippen LogP contribution in [-0.4, -0.2) is 39.0 Å². The summed E-state index contributed by atoms with van der Waals surface area (Å²) in [6.07, 6.45) is 1.80. The second-order valence-corrected chi connectivity index (χ2v) is 7.20. The van der Waals surface area contributed by atoms with Crippen LogP contribution < -0.4 is 4.72 Å². The number of rotatable bonds is 4. The standard InChI is InChI=1S/C14H18ClN3O2S/c1-2-18-7-3-4-12(10-18)17-21(19,20)14-6-5-11(9-16)8-13(14)15/h5-6,8,12,17H,2-4,7,10H2,1H3. The summed E-state index contributed by atoms with van der Waals surface area (Å²) in [6.45, 7) is 4.69. The van der Waals surface area contributed by atoms with Crippen LogP contribution in [0.25, 0.3) is 0 Å². The van der Waals surface area contributed by atoms with Crippen LogP contribution in [0.15, 0.2) is 23.1 Å². The van der Waals surface area contributed by atoms with Crippen molar-refractivity contribution in [1.29, 1.82) is 5.26 Å². The summed E-state index contributed by atoms with van der Waals surface area (Å²) in [5, 5.41) is 8.87. The molecule has 1 N–H and O–H groups in total. The van der Waals surface area contributed by atoms with Gasteiger partial charge in [0.1, 0.15) is 4.90 Å². The third kappa shape index (κ3) is 3.95. The highest BCUT2D eigenvalue weighted by atomic mass is 35.5. The lowest BCUT2D eigenvalue weighted by Gasteiger charge is -2.32. The fourth-order valence-electron chi connectivity index (χ4n) is 2.51. The molecular formula is C14H18ClN3O2S. The molecule has 0 spiro atoms. The van der Waals surface area contributed by atoms with Crippen molar-refractivity contribution < 1.29 is 8.42 Å². The minimum Gasteiger partial charge on any atom is -0.302 e. The Labute approximate surface area is 130 Å². The highest BCUT2D eigenvalue weighted by molar-refractivity contribution is 7.89. The van der Waals surface area contributed by atoms with Gasteiger partial charge in [0.15, 0.2) is 0 Å². The maximum Gasteiger partial charge on any atom is 0.242 e. The summed E-state index contributed by atoms with van der Waals surface area (Å²) in [5.41, 5.74) is 0.341. The number of hydrogen-bond acceptors (Lipinski definition) is 4. The Balaban J connectivity index is 2.17. The Morgan fingerprint density at radius 3 is 2.90 bits per heavy atom. The predicted molar refractivity (Wildman–Crippen MR) is 81.6 cm³/mol. The highest BCUT2D eigenvalue weighted by Gasteiger charge is 2.26. The van der Waals surface area contributed by atoms with Gasteiger partial charge in [-0.25, -0.2) is 13.1 Å². The fraction of sp³-hybridized carbons (Fsp3) is 0.500. The Bertz CT molecular complexity index is 655. The topological polar surface area (TPSA) is 73.2 Å². The van der Waals surface area contributed by atoms with E-state index in [1.54, 1.807) is 0 Å². The monoisotopic (exact) mass is 327 g/mol. The summed E-state index contributed by atoms with van der Waals surface area (Å²) < 4.78 is 27.6. The number of nitrogens with zero attached hydrogens (tertiary/aromatic N) is 2. The van der Waals surface area contributed by atoms with E-state index in [9.17, 15) is 8.42 Å². The second kappa shape index (κ2) is 6.75. The Hall–Kier alpha value is -1.13. The summed E-state index contributed by atoms with van der Waals surface area (Å²) in [7, 11) is -3.67. The normalized spacial score (nSPS) is 20.1. The second-order valence-electron chi connectivity index (χ2n) is 5.11. The van der Waals surface area contributed by atoms with E-state index in [1.807, 2.05) is 6.07 Å². The lowest BCUT2D eigenvalue weighted by atomic mass is 10.1. The number of sulfonamides is 1. The first-order valence-corrected chi connectivity index (χ1v) is 8.76. The molecule has 1 unspecified atom stereocenters. The van der Waals surface area contributed by atoms with Crippen LogP contribution in [0.5, 0.6) is 0 Å². The molecule has 1 fully saturated rings. The summed E-state index contributed by atoms with van der Waals surface area (Å²) in [6, 6.07) is 6.04. The summed E-state index contributed by atoms with van der Waals surface area (Å²) >= 11 is 5.99. The molecule has 1 atom stereocenters. The Morgan fingerprint density at radius 1 is 1.52 bits per heavy atom. The van der Waals surface area contributed by atoms with Crippen molar-refractivity contribution in [2.75, 3.05) is 19.6 Å². The maximum atomic E-state index is 12.4. The van der Waals surface area contributed by atoms with E-state index in [0.29, 0.717) is 12.1 Å². The van der Waals surface area contributed by atoms with Gasteiger partial charge in [-0.1, -0.05) is 18.5 Å². The van der Waals surface area contributed by atoms with E-state index in [2.05, 4.69) is 16.5 Å². The molecule has 0 radical (unpaired) electrons. The molecule has 0 aliphatic carbocycles. The molecule has 7 heteroatoms. The molecule has 2 rings (SSSR count). The van der Waals surface area contributed by atoms with Gasteiger partial charge in [0, 0.05) is 12.6 Å². The zero-order valence-corrected chi connectivity index (χ0v) is 13.4. The molecule has 1 aliphatic heterocycles. The van der Waals surface area contributed by atoms with Gasteiger partial charge in [0.2, 0.25) is 10.0 Å². The largest absolute Gasteiger partial charge is 0.302 e. The van der Waals surface area contributed by atoms with Gasteiger partial charge in [-0.3, -0.25) is 0 Å². The maximum absolute atomic E-state index is 12.4. The zero-order chi connectivity index (χ0) is 15.5. The van der Waals surface area contributed by atoms with E-state index in [1.165, 1.54) is 18.2 Å². The van der Waals surface area contributed by atoms with Crippen LogP contribution in [0, 0.1) is 11.3 Å². The summed E-state index contributed by atoms with van der Waals surface area (Å²) in [4.78, 5) is 2.24. The van der Waals surface area contributed by atoms with Gasteiger partial charge >= 0.3 is 0 Å². The first-order valence-electron chi connectivity index (χ1n) is 6.90. The minimum absolute atomic E-state index is 0.0248. The molecule has 0 aromatic heterocycles. The van der Waals surface area contributed by atoms with E-state index >= 15 is 0 Å². The number of halogens is 1. The molecule has 114 valence electrons. The third-order valence-corrected chi connectivity index (χ3v) is 5.63. The van der Waals surface area contributed by atoms with Crippen LogP contribution in [0.4, 0.5) is 0 Å². The fourth-order valence-corrected chi connectivity index (χ4v) is 4.32. The molecule has 1 aromatic rings. The van der Waals surface area contributed by atoms with Crippen molar-refractivity contribution in [3.63, 3.8) is 0 Å². The quantitative estimate of drug-likeness (QED) is 0.917. The van der Waals surface area contributed by atoms with Crippen molar-refractivity contribution >= 4 is 21.6 Å². The Morgan fingerprint density at radius 2 is 2.29 bits per heavy atom. The van der Waals surface area contributed by atoms with Crippen LogP contribution in [0.1, 0.15) is 25.3 Å². The molecule has 0 saturated carbocycles. The molecule has 0 bridgehead atoms. The summed E-state index contributed by atoms with van der Waals surface area (Å²) in [5.74, 6) is 0. The molecule has 1 heterocycles. The van der Waals surface area contributed by atoms with Crippen molar-refractivity contribution in [3.8, 4) is 6.07 Å². The number of piperidine rings is 1. The molecule has 1 aliphatic rings. The lowest BCUT2D eigenvalue weighted by Crippen LogP contribution is -2.47. The zero-order valence-electron chi connectivity index (χ0n) is 11.8. The SMILES string of the molecule is CCN1CCCC(NS(=O)(=O)c2ccc(C#N)cc2Cl)C1. The van der Waals surface area contributed by atoms with Gasteiger partial charge in [0.25, 0.3) is 0 Å². The molecule has 1 saturated heterocycles. The number of nitriles is 1. The third-order valence-electron chi connectivity index (χ3n) is 3.63. The van der Waals surface area contributed by atoms with E-state index in [0.717, 1.165) is 25.9 Å². The Kier molecular flexibility index (Phi) is 5.22. The predicted octanol–water partition coefficient (Wildman–Crippen LogP) is 1.97. The van der Waals surface area contributed by atoms with Crippen molar-refractivity contribution in [2.24, 2.45) is 0 Å². The van der Waals surface area contributed by atoms with Crippen molar-refractivity contribution in [2.45, 2.75) is 30.7 Å². The average molecular weight is 328 g/mol. The number of hydrogen-bond donors (Lipinski definition) is 1. The molecular weight excluding hydrogens is 310 g/mol. The first kappa shape index (κ1) is 16.2. The molecule has 1 aromatic carbocycles. The lowest BCUT2D eigenvalue weighted by molar-refractivity contribution is 0.211.